The fourth-order valence-electron chi connectivity index (χ4n) is 2.42. The molecule has 0 bridgehead atoms. The molecule has 2 nitrogen and oxygen atoms in total. The van der Waals surface area contributed by atoms with E-state index in [0.717, 1.165) is 29.0 Å². The summed E-state index contributed by atoms with van der Waals surface area (Å²) in [5, 5.41) is 23.2. The van der Waals surface area contributed by atoms with Crippen molar-refractivity contribution in [1.29, 1.82) is 0 Å². The molecule has 0 radical (unpaired) electrons. The van der Waals surface area contributed by atoms with Crippen LogP contribution in [0.15, 0.2) is 42.2 Å². The Labute approximate surface area is 213 Å². The maximum Gasteiger partial charge on any atom is 1.00 e. The van der Waals surface area contributed by atoms with Gasteiger partial charge in [0.25, 0.3) is 0 Å². The van der Waals surface area contributed by atoms with E-state index in [-0.39, 0.29) is 70.6 Å². The fraction of sp³-hybridized carbons (Fsp3) is 0.200. The predicted molar refractivity (Wildman–Crippen MR) is 94.7 cm³/mol. The van der Waals surface area contributed by atoms with E-state index >= 15 is 0 Å². The van der Waals surface area contributed by atoms with Crippen LogP contribution in [-0.2, 0) is 5.41 Å². The van der Waals surface area contributed by atoms with Crippen molar-refractivity contribution in [1.82, 2.24) is 0 Å². The van der Waals surface area contributed by atoms with Crippen molar-refractivity contribution in [3.63, 3.8) is 0 Å². The SMILES string of the molecule is CC(C)(c1c(Br)cc([O-])cc1Br)c1c(Br)cc([O-])cc1Br.[Na+].[Na+]. The van der Waals surface area contributed by atoms with Crippen molar-refractivity contribution in [2.24, 2.45) is 0 Å². The Hall–Kier alpha value is 1.96. The molecule has 0 unspecified atom stereocenters. The van der Waals surface area contributed by atoms with E-state index in [1.54, 1.807) is 24.3 Å². The summed E-state index contributed by atoms with van der Waals surface area (Å²) in [6.07, 6.45) is 0. The molecule has 2 aromatic carbocycles. The van der Waals surface area contributed by atoms with Gasteiger partial charge in [-0.05, 0) is 11.1 Å². The molecule has 112 valence electrons. The minimum atomic E-state index is -0.434. The summed E-state index contributed by atoms with van der Waals surface area (Å²) >= 11 is 13.9. The summed E-state index contributed by atoms with van der Waals surface area (Å²) in [7, 11) is 0. The van der Waals surface area contributed by atoms with E-state index in [9.17, 15) is 10.2 Å². The van der Waals surface area contributed by atoms with Gasteiger partial charge in [-0.2, -0.15) is 0 Å². The Morgan fingerprint density at radius 3 is 1.09 bits per heavy atom. The van der Waals surface area contributed by atoms with Gasteiger partial charge in [-0.15, -0.1) is 11.5 Å². The normalized spacial score (nSPS) is 10.7. The van der Waals surface area contributed by atoms with Gasteiger partial charge in [-0.25, -0.2) is 0 Å². The minimum Gasteiger partial charge on any atom is -0.872 e. The largest absolute Gasteiger partial charge is 1.00 e. The van der Waals surface area contributed by atoms with Crippen LogP contribution < -0.4 is 69.3 Å². The molecule has 0 heterocycles. The second kappa shape index (κ2) is 9.77. The molecule has 0 saturated heterocycles. The monoisotopic (exact) mass is 584 g/mol. The number of hydrogen-bond donors (Lipinski definition) is 0. The quantitative estimate of drug-likeness (QED) is 0.433. The number of benzene rings is 2. The van der Waals surface area contributed by atoms with E-state index in [1.165, 1.54) is 0 Å². The van der Waals surface area contributed by atoms with Gasteiger partial charge >= 0.3 is 59.1 Å². The Kier molecular flexibility index (Phi) is 10.6. The van der Waals surface area contributed by atoms with Gasteiger partial charge in [0.05, 0.1) is 0 Å². The zero-order chi connectivity index (χ0) is 15.9. The number of rotatable bonds is 2. The van der Waals surface area contributed by atoms with Crippen molar-refractivity contribution < 1.29 is 69.3 Å². The maximum atomic E-state index is 11.6. The van der Waals surface area contributed by atoms with Crippen LogP contribution in [0.4, 0.5) is 0 Å². The van der Waals surface area contributed by atoms with Gasteiger partial charge in [-0.1, -0.05) is 102 Å². The van der Waals surface area contributed by atoms with Crippen LogP contribution in [0.3, 0.4) is 0 Å². The van der Waals surface area contributed by atoms with Gasteiger partial charge in [-0.3, -0.25) is 0 Å². The van der Waals surface area contributed by atoms with E-state index < -0.39 is 5.41 Å². The van der Waals surface area contributed by atoms with Crippen molar-refractivity contribution in [3.05, 3.63) is 53.3 Å². The molecule has 0 amide bonds. The zero-order valence-corrected chi connectivity index (χ0v) is 23.5. The first-order chi connectivity index (χ1) is 9.64. The minimum absolute atomic E-state index is 0. The van der Waals surface area contributed by atoms with Gasteiger partial charge in [0, 0.05) is 23.3 Å². The average molecular weight is 588 g/mol. The van der Waals surface area contributed by atoms with E-state index in [2.05, 4.69) is 63.7 Å². The standard InChI is InChI=1S/C15H12Br4O2.2Na/c1-15(2,13-9(16)3-7(20)4-10(13)17)14-11(18)5-8(21)6-12(14)19;;/h3-6,20-21H,1-2H3;;/q;2*+1/p-2. The molecule has 0 fully saturated rings. The van der Waals surface area contributed by atoms with Gasteiger partial charge < -0.3 is 10.2 Å². The molecule has 0 atom stereocenters. The van der Waals surface area contributed by atoms with Crippen molar-refractivity contribution in [2.45, 2.75) is 19.3 Å². The van der Waals surface area contributed by atoms with Gasteiger partial charge in [0.2, 0.25) is 0 Å². The van der Waals surface area contributed by atoms with Gasteiger partial charge in [0.15, 0.2) is 0 Å². The summed E-state index contributed by atoms with van der Waals surface area (Å²) in [5.41, 5.74) is 1.46. The van der Waals surface area contributed by atoms with E-state index in [4.69, 9.17) is 0 Å². The van der Waals surface area contributed by atoms with Crippen molar-refractivity contribution in [2.75, 3.05) is 0 Å². The molecular formula is C15H10Br4Na2O2. The summed E-state index contributed by atoms with van der Waals surface area (Å²) in [6, 6.07) is 6.19. The zero-order valence-electron chi connectivity index (χ0n) is 13.1. The molecule has 2 rings (SSSR count). The molecule has 0 saturated carbocycles. The van der Waals surface area contributed by atoms with Crippen LogP contribution >= 0.6 is 63.7 Å². The predicted octanol–water partition coefficient (Wildman–Crippen LogP) is -0.782. The van der Waals surface area contributed by atoms with E-state index in [0.29, 0.717) is 0 Å². The summed E-state index contributed by atoms with van der Waals surface area (Å²) in [6.45, 7) is 4.08. The molecule has 0 aliphatic carbocycles. The smallest absolute Gasteiger partial charge is 0.872 e. The Bertz CT molecular complexity index is 615. The molecule has 2 aromatic rings. The van der Waals surface area contributed by atoms with E-state index in [1.807, 2.05) is 13.8 Å². The molecule has 0 aliphatic rings. The molecule has 0 spiro atoms. The summed E-state index contributed by atoms with van der Waals surface area (Å²) in [5.74, 6) is -0.136. The molecule has 0 aromatic heterocycles. The first-order valence-electron chi connectivity index (χ1n) is 5.97. The first-order valence-corrected chi connectivity index (χ1v) is 9.15. The summed E-state index contributed by atoms with van der Waals surface area (Å²) in [4.78, 5) is 0. The Morgan fingerprint density at radius 1 is 0.652 bits per heavy atom. The van der Waals surface area contributed by atoms with Crippen LogP contribution in [-0.4, -0.2) is 0 Å². The first kappa shape index (κ1) is 25.0. The Morgan fingerprint density at radius 2 is 0.870 bits per heavy atom. The van der Waals surface area contributed by atoms with Crippen LogP contribution in [0.25, 0.3) is 0 Å². The van der Waals surface area contributed by atoms with Gasteiger partial charge in [0.1, 0.15) is 0 Å². The summed E-state index contributed by atoms with van der Waals surface area (Å²) < 4.78 is 2.93. The van der Waals surface area contributed by atoms with Crippen LogP contribution in [0.2, 0.25) is 0 Å². The van der Waals surface area contributed by atoms with Crippen LogP contribution in [0.1, 0.15) is 25.0 Å². The second-order valence-corrected chi connectivity index (χ2v) is 8.57. The van der Waals surface area contributed by atoms with Crippen molar-refractivity contribution >= 4 is 63.7 Å². The molecule has 23 heavy (non-hydrogen) atoms. The fourth-order valence-corrected chi connectivity index (χ4v) is 6.69. The maximum absolute atomic E-state index is 11.6. The molecule has 0 aliphatic heterocycles. The van der Waals surface area contributed by atoms with Crippen molar-refractivity contribution in [3.8, 4) is 11.5 Å². The number of halogens is 4. The number of hydrogen-bond acceptors (Lipinski definition) is 2. The third-order valence-corrected chi connectivity index (χ3v) is 5.78. The third kappa shape index (κ3) is 5.47. The second-order valence-electron chi connectivity index (χ2n) is 5.15. The Balaban J connectivity index is 0.00000242. The molecule has 0 N–H and O–H groups in total. The topological polar surface area (TPSA) is 46.1 Å². The third-order valence-electron chi connectivity index (χ3n) is 3.28. The average Bonchev–Trinajstić information content (AvgIpc) is 2.23. The molecular weight excluding hydrogens is 578 g/mol. The van der Waals surface area contributed by atoms with Crippen LogP contribution in [0, 0.1) is 0 Å². The molecule has 8 heteroatoms. The van der Waals surface area contributed by atoms with Crippen LogP contribution in [0.5, 0.6) is 11.5 Å².